The quantitative estimate of drug-likeness (QED) is 0.611. The molecule has 0 radical (unpaired) electrons. The number of rotatable bonds is 1. The zero-order valence-electron chi connectivity index (χ0n) is 6.62. The van der Waals surface area contributed by atoms with Crippen molar-refractivity contribution in [3.8, 4) is 0 Å². The highest BCUT2D eigenvalue weighted by molar-refractivity contribution is 5.86. The molecule has 2 aliphatic carbocycles. The lowest BCUT2D eigenvalue weighted by Crippen LogP contribution is -2.22. The van der Waals surface area contributed by atoms with Gasteiger partial charge in [-0.25, -0.2) is 0 Å². The Morgan fingerprint density at radius 1 is 1.45 bits per heavy atom. The van der Waals surface area contributed by atoms with E-state index in [0.717, 1.165) is 19.3 Å². The topological polar surface area (TPSA) is 37.3 Å². The van der Waals surface area contributed by atoms with Crippen molar-refractivity contribution in [1.29, 1.82) is 0 Å². The minimum Gasteiger partial charge on any atom is -0.396 e. The minimum atomic E-state index is 0.215. The van der Waals surface area contributed by atoms with E-state index in [1.807, 2.05) is 0 Å². The van der Waals surface area contributed by atoms with Crippen molar-refractivity contribution in [3.63, 3.8) is 0 Å². The molecule has 3 atom stereocenters. The third-order valence-electron chi connectivity index (χ3n) is 3.23. The van der Waals surface area contributed by atoms with Gasteiger partial charge in [-0.05, 0) is 25.2 Å². The first kappa shape index (κ1) is 7.29. The highest BCUT2D eigenvalue weighted by atomic mass is 16.3. The van der Waals surface area contributed by atoms with E-state index in [1.165, 1.54) is 6.42 Å². The second-order valence-electron chi connectivity index (χ2n) is 3.82. The lowest BCUT2D eigenvalue weighted by Gasteiger charge is -2.18. The van der Waals surface area contributed by atoms with Gasteiger partial charge in [-0.3, -0.25) is 4.79 Å². The molecule has 2 saturated carbocycles. The van der Waals surface area contributed by atoms with Gasteiger partial charge in [0.1, 0.15) is 5.78 Å². The number of carbonyl (C=O) groups is 1. The highest BCUT2D eigenvalue weighted by Crippen LogP contribution is 2.42. The number of aliphatic hydroxyl groups is 1. The zero-order chi connectivity index (χ0) is 7.84. The Balaban J connectivity index is 2.16. The molecule has 0 saturated heterocycles. The van der Waals surface area contributed by atoms with E-state index in [9.17, 15) is 4.79 Å². The van der Waals surface area contributed by atoms with Crippen molar-refractivity contribution in [2.24, 2.45) is 17.8 Å². The van der Waals surface area contributed by atoms with E-state index in [2.05, 4.69) is 0 Å². The van der Waals surface area contributed by atoms with Crippen molar-refractivity contribution < 1.29 is 9.90 Å². The molecule has 0 spiro atoms. The smallest absolute Gasteiger partial charge is 0.139 e. The Hall–Kier alpha value is -0.370. The molecule has 2 rings (SSSR count). The molecule has 62 valence electrons. The van der Waals surface area contributed by atoms with Gasteiger partial charge in [-0.2, -0.15) is 0 Å². The van der Waals surface area contributed by atoms with Crippen molar-refractivity contribution in [2.75, 3.05) is 6.61 Å². The van der Waals surface area contributed by atoms with Crippen LogP contribution in [0.1, 0.15) is 25.7 Å². The number of hydrogen-bond acceptors (Lipinski definition) is 2. The SMILES string of the molecule is O=C1[C@@H]2CCC[C@H]1[C@H](CO)C2. The van der Waals surface area contributed by atoms with Gasteiger partial charge in [0.25, 0.3) is 0 Å². The molecular weight excluding hydrogens is 140 g/mol. The average molecular weight is 154 g/mol. The third kappa shape index (κ3) is 1.00. The van der Waals surface area contributed by atoms with Crippen LogP contribution in [0, 0.1) is 17.8 Å². The minimum absolute atomic E-state index is 0.215. The van der Waals surface area contributed by atoms with Gasteiger partial charge in [0.15, 0.2) is 0 Å². The average Bonchev–Trinajstić information content (AvgIpc) is 2.23. The van der Waals surface area contributed by atoms with Gasteiger partial charge in [0, 0.05) is 18.4 Å². The number of fused-ring (bicyclic) bond motifs is 2. The van der Waals surface area contributed by atoms with Gasteiger partial charge >= 0.3 is 0 Å². The van der Waals surface area contributed by atoms with Gasteiger partial charge in [-0.15, -0.1) is 0 Å². The van der Waals surface area contributed by atoms with Crippen LogP contribution in [0.3, 0.4) is 0 Å². The lowest BCUT2D eigenvalue weighted by molar-refractivity contribution is -0.126. The summed E-state index contributed by atoms with van der Waals surface area (Å²) in [5, 5.41) is 8.98. The van der Waals surface area contributed by atoms with Crippen LogP contribution in [0.25, 0.3) is 0 Å². The number of Topliss-reactive ketones (excluding diaryl/α,β-unsaturated/α-hetero) is 1. The molecule has 2 aliphatic rings. The maximum atomic E-state index is 11.4. The van der Waals surface area contributed by atoms with Crippen LogP contribution in [-0.2, 0) is 4.79 Å². The fourth-order valence-corrected chi connectivity index (χ4v) is 2.60. The molecule has 0 amide bonds. The summed E-state index contributed by atoms with van der Waals surface area (Å²) >= 11 is 0. The lowest BCUT2D eigenvalue weighted by atomic mass is 9.86. The van der Waals surface area contributed by atoms with Crippen molar-refractivity contribution >= 4 is 5.78 Å². The summed E-state index contributed by atoms with van der Waals surface area (Å²) in [6.07, 6.45) is 4.25. The van der Waals surface area contributed by atoms with Gasteiger partial charge < -0.3 is 5.11 Å². The van der Waals surface area contributed by atoms with Crippen LogP contribution >= 0.6 is 0 Å². The van der Waals surface area contributed by atoms with E-state index in [-0.39, 0.29) is 12.5 Å². The zero-order valence-corrected chi connectivity index (χ0v) is 6.62. The van der Waals surface area contributed by atoms with Crippen LogP contribution in [0.15, 0.2) is 0 Å². The third-order valence-corrected chi connectivity index (χ3v) is 3.23. The second kappa shape index (κ2) is 2.59. The van der Waals surface area contributed by atoms with E-state index < -0.39 is 0 Å². The van der Waals surface area contributed by atoms with Crippen LogP contribution < -0.4 is 0 Å². The molecule has 0 aromatic carbocycles. The Kier molecular flexibility index (Phi) is 1.72. The normalized spacial score (nSPS) is 43.0. The highest BCUT2D eigenvalue weighted by Gasteiger charge is 2.43. The summed E-state index contributed by atoms with van der Waals surface area (Å²) in [6, 6.07) is 0. The Morgan fingerprint density at radius 2 is 2.27 bits per heavy atom. The molecule has 0 heterocycles. The van der Waals surface area contributed by atoms with Crippen molar-refractivity contribution in [2.45, 2.75) is 25.7 Å². The summed E-state index contributed by atoms with van der Waals surface area (Å²) in [6.45, 7) is 0.215. The van der Waals surface area contributed by atoms with Crippen LogP contribution in [0.5, 0.6) is 0 Å². The Labute approximate surface area is 66.6 Å². The summed E-state index contributed by atoms with van der Waals surface area (Å²) in [5.41, 5.74) is 0. The van der Waals surface area contributed by atoms with E-state index >= 15 is 0 Å². The van der Waals surface area contributed by atoms with E-state index in [1.54, 1.807) is 0 Å². The molecule has 1 N–H and O–H groups in total. The predicted octanol–water partition coefficient (Wildman–Crippen LogP) is 0.984. The van der Waals surface area contributed by atoms with Crippen molar-refractivity contribution in [3.05, 3.63) is 0 Å². The molecule has 0 unspecified atom stereocenters. The number of ketones is 1. The number of aliphatic hydroxyl groups excluding tert-OH is 1. The Bertz CT molecular complexity index is 176. The first-order valence-corrected chi connectivity index (χ1v) is 4.47. The molecule has 0 aromatic rings. The molecule has 2 fully saturated rings. The van der Waals surface area contributed by atoms with Crippen molar-refractivity contribution in [1.82, 2.24) is 0 Å². The predicted molar refractivity (Wildman–Crippen MR) is 41.0 cm³/mol. The molecule has 11 heavy (non-hydrogen) atoms. The first-order chi connectivity index (χ1) is 5.33. The molecular formula is C9H14O2. The molecule has 2 nitrogen and oxygen atoms in total. The van der Waals surface area contributed by atoms with Crippen LogP contribution in [0.2, 0.25) is 0 Å². The molecule has 2 bridgehead atoms. The van der Waals surface area contributed by atoms with Gasteiger partial charge in [-0.1, -0.05) is 6.42 Å². The van der Waals surface area contributed by atoms with Crippen LogP contribution in [0.4, 0.5) is 0 Å². The summed E-state index contributed by atoms with van der Waals surface area (Å²) in [4.78, 5) is 11.4. The number of carbonyl (C=O) groups excluding carboxylic acids is 1. The summed E-state index contributed by atoms with van der Waals surface area (Å²) in [5.74, 6) is 1.27. The fraction of sp³-hybridized carbons (Fsp3) is 0.889. The second-order valence-corrected chi connectivity index (χ2v) is 3.82. The molecule has 0 aromatic heterocycles. The Morgan fingerprint density at radius 3 is 2.91 bits per heavy atom. The molecule has 2 heteroatoms. The monoisotopic (exact) mass is 154 g/mol. The van der Waals surface area contributed by atoms with Gasteiger partial charge in [0.05, 0.1) is 0 Å². The van der Waals surface area contributed by atoms with Gasteiger partial charge in [0.2, 0.25) is 0 Å². The van der Waals surface area contributed by atoms with E-state index in [4.69, 9.17) is 5.11 Å². The standard InChI is InChI=1S/C9H14O2/c10-5-7-4-6-2-1-3-8(7)9(6)11/h6-8,10H,1-5H2/t6-,7+,8+/m1/s1. The molecule has 0 aliphatic heterocycles. The van der Waals surface area contributed by atoms with Crippen LogP contribution in [-0.4, -0.2) is 17.5 Å². The maximum absolute atomic E-state index is 11.4. The largest absolute Gasteiger partial charge is 0.396 e. The summed E-state index contributed by atoms with van der Waals surface area (Å²) < 4.78 is 0. The summed E-state index contributed by atoms with van der Waals surface area (Å²) in [7, 11) is 0. The maximum Gasteiger partial charge on any atom is 0.139 e. The fourth-order valence-electron chi connectivity index (χ4n) is 2.60. The number of hydrogen-bond donors (Lipinski definition) is 1. The first-order valence-electron chi connectivity index (χ1n) is 4.47. The van der Waals surface area contributed by atoms with E-state index in [0.29, 0.717) is 17.6 Å².